The van der Waals surface area contributed by atoms with Gasteiger partial charge in [0.25, 0.3) is 0 Å². The van der Waals surface area contributed by atoms with Crippen LogP contribution in [-0.2, 0) is 0 Å². The van der Waals surface area contributed by atoms with Crippen molar-refractivity contribution in [2.24, 2.45) is 0 Å². The van der Waals surface area contributed by atoms with Gasteiger partial charge >= 0.3 is 5.69 Å². The fraction of sp³-hybridized carbons (Fsp3) is 0.188. The molecule has 4 nitrogen and oxygen atoms in total. The van der Waals surface area contributed by atoms with Gasteiger partial charge in [0.1, 0.15) is 0 Å². The minimum absolute atomic E-state index is 0.159. The van der Waals surface area contributed by atoms with Gasteiger partial charge in [0.05, 0.1) is 11.0 Å². The summed E-state index contributed by atoms with van der Waals surface area (Å²) in [7, 11) is 0. The van der Waals surface area contributed by atoms with E-state index in [1.54, 1.807) is 0 Å². The predicted molar refractivity (Wildman–Crippen MR) is 94.9 cm³/mol. The summed E-state index contributed by atoms with van der Waals surface area (Å²) in [5, 5.41) is 3.49. The standard InChI is InChI=1S/C16H16IN3O/c1-9-3-5-12(8-13(9)17)18-10(2)11-4-6-14-15(7-11)20-16(21)19-14/h3-8,10,18H,1-2H3,(H2,19,20,21). The summed E-state index contributed by atoms with van der Waals surface area (Å²) in [6.45, 7) is 4.21. The molecule has 0 fully saturated rings. The first-order chi connectivity index (χ1) is 10.0. The van der Waals surface area contributed by atoms with Gasteiger partial charge in [0.15, 0.2) is 0 Å². The Morgan fingerprint density at radius 2 is 1.86 bits per heavy atom. The largest absolute Gasteiger partial charge is 0.378 e. The number of anilines is 1. The summed E-state index contributed by atoms with van der Waals surface area (Å²) in [4.78, 5) is 16.9. The van der Waals surface area contributed by atoms with Gasteiger partial charge in [-0.25, -0.2) is 4.79 Å². The van der Waals surface area contributed by atoms with Gasteiger partial charge < -0.3 is 15.3 Å². The Morgan fingerprint density at radius 3 is 2.62 bits per heavy atom. The second kappa shape index (κ2) is 5.55. The maximum absolute atomic E-state index is 11.3. The predicted octanol–water partition coefficient (Wildman–Crippen LogP) is 3.94. The maximum atomic E-state index is 11.3. The quantitative estimate of drug-likeness (QED) is 0.591. The number of hydrogen-bond acceptors (Lipinski definition) is 2. The van der Waals surface area contributed by atoms with Crippen LogP contribution >= 0.6 is 22.6 Å². The van der Waals surface area contributed by atoms with Crippen LogP contribution in [0, 0.1) is 10.5 Å². The number of aryl methyl sites for hydroxylation is 1. The second-order valence-electron chi connectivity index (χ2n) is 5.21. The van der Waals surface area contributed by atoms with Crippen LogP contribution in [0.25, 0.3) is 11.0 Å². The molecule has 0 bridgehead atoms. The summed E-state index contributed by atoms with van der Waals surface area (Å²) in [5.41, 5.74) is 5.01. The van der Waals surface area contributed by atoms with E-state index in [-0.39, 0.29) is 11.7 Å². The first kappa shape index (κ1) is 14.2. The molecule has 1 atom stereocenters. The lowest BCUT2D eigenvalue weighted by molar-refractivity contribution is 0.886. The molecule has 2 aromatic carbocycles. The van der Waals surface area contributed by atoms with Crippen LogP contribution in [0.4, 0.5) is 5.69 Å². The van der Waals surface area contributed by atoms with E-state index in [9.17, 15) is 4.79 Å². The molecule has 1 unspecified atom stereocenters. The fourth-order valence-electron chi connectivity index (χ4n) is 2.34. The second-order valence-corrected chi connectivity index (χ2v) is 6.38. The van der Waals surface area contributed by atoms with Crippen LogP contribution in [0.5, 0.6) is 0 Å². The van der Waals surface area contributed by atoms with Crippen molar-refractivity contribution in [1.29, 1.82) is 0 Å². The Morgan fingerprint density at radius 1 is 1.10 bits per heavy atom. The molecule has 5 heteroatoms. The number of hydrogen-bond donors (Lipinski definition) is 3. The molecule has 3 aromatic rings. The number of imidazole rings is 1. The first-order valence-corrected chi connectivity index (χ1v) is 7.85. The van der Waals surface area contributed by atoms with E-state index in [1.165, 1.54) is 9.13 Å². The first-order valence-electron chi connectivity index (χ1n) is 6.77. The number of H-pyrrole nitrogens is 2. The number of rotatable bonds is 3. The highest BCUT2D eigenvalue weighted by atomic mass is 127. The van der Waals surface area contributed by atoms with E-state index in [0.717, 1.165) is 22.3 Å². The zero-order chi connectivity index (χ0) is 15.0. The monoisotopic (exact) mass is 393 g/mol. The van der Waals surface area contributed by atoms with Gasteiger partial charge in [0, 0.05) is 15.3 Å². The zero-order valence-electron chi connectivity index (χ0n) is 11.8. The average Bonchev–Trinajstić information content (AvgIpc) is 2.82. The lowest BCUT2D eigenvalue weighted by atomic mass is 10.1. The molecular formula is C16H16IN3O. The summed E-state index contributed by atoms with van der Waals surface area (Å²) in [6, 6.07) is 12.5. The van der Waals surface area contributed by atoms with E-state index in [1.807, 2.05) is 18.2 Å². The third-order valence-corrected chi connectivity index (χ3v) is 4.76. The topological polar surface area (TPSA) is 60.7 Å². The Labute approximate surface area is 136 Å². The Bertz CT molecular complexity index is 850. The fourth-order valence-corrected chi connectivity index (χ4v) is 2.85. The van der Waals surface area contributed by atoms with Crippen molar-refractivity contribution in [3.8, 4) is 0 Å². The van der Waals surface area contributed by atoms with Gasteiger partial charge in [0.2, 0.25) is 0 Å². The van der Waals surface area contributed by atoms with Crippen LogP contribution in [-0.4, -0.2) is 9.97 Å². The summed E-state index contributed by atoms with van der Waals surface area (Å²) in [6.07, 6.45) is 0. The number of nitrogens with one attached hydrogen (secondary N) is 3. The van der Waals surface area contributed by atoms with E-state index < -0.39 is 0 Å². The van der Waals surface area contributed by atoms with Gasteiger partial charge in [-0.05, 0) is 71.8 Å². The molecule has 0 aliphatic carbocycles. The molecule has 1 aromatic heterocycles. The highest BCUT2D eigenvalue weighted by Crippen LogP contribution is 2.23. The molecule has 0 amide bonds. The third-order valence-electron chi connectivity index (χ3n) is 3.60. The molecule has 3 N–H and O–H groups in total. The Balaban J connectivity index is 1.87. The van der Waals surface area contributed by atoms with Gasteiger partial charge in [-0.3, -0.25) is 0 Å². The van der Waals surface area contributed by atoms with Crippen LogP contribution < -0.4 is 11.0 Å². The van der Waals surface area contributed by atoms with E-state index in [0.29, 0.717) is 0 Å². The van der Waals surface area contributed by atoms with Crippen LogP contribution in [0.2, 0.25) is 0 Å². The van der Waals surface area contributed by atoms with Crippen LogP contribution in [0.15, 0.2) is 41.2 Å². The van der Waals surface area contributed by atoms with Crippen molar-refractivity contribution in [1.82, 2.24) is 9.97 Å². The number of aromatic nitrogens is 2. The Kier molecular flexibility index (Phi) is 3.75. The van der Waals surface area contributed by atoms with E-state index in [4.69, 9.17) is 0 Å². The minimum atomic E-state index is -0.171. The van der Waals surface area contributed by atoms with E-state index >= 15 is 0 Å². The van der Waals surface area contributed by atoms with Crippen LogP contribution in [0.3, 0.4) is 0 Å². The molecule has 0 aliphatic heterocycles. The number of benzene rings is 2. The van der Waals surface area contributed by atoms with Gasteiger partial charge in [-0.2, -0.15) is 0 Å². The smallest absolute Gasteiger partial charge is 0.323 e. The molecule has 1 heterocycles. The highest BCUT2D eigenvalue weighted by Gasteiger charge is 2.08. The number of halogens is 1. The van der Waals surface area contributed by atoms with Crippen molar-refractivity contribution in [3.63, 3.8) is 0 Å². The van der Waals surface area contributed by atoms with Crippen molar-refractivity contribution in [3.05, 3.63) is 61.6 Å². The van der Waals surface area contributed by atoms with Gasteiger partial charge in [-0.1, -0.05) is 12.1 Å². The zero-order valence-corrected chi connectivity index (χ0v) is 14.0. The lowest BCUT2D eigenvalue weighted by Gasteiger charge is -2.16. The molecule has 0 saturated carbocycles. The molecule has 21 heavy (non-hydrogen) atoms. The summed E-state index contributed by atoms with van der Waals surface area (Å²) < 4.78 is 1.25. The van der Waals surface area contributed by atoms with E-state index in [2.05, 4.69) is 69.9 Å². The van der Waals surface area contributed by atoms with Crippen molar-refractivity contribution >= 4 is 39.3 Å². The molecule has 3 rings (SSSR count). The van der Waals surface area contributed by atoms with Crippen molar-refractivity contribution in [2.75, 3.05) is 5.32 Å². The van der Waals surface area contributed by atoms with Gasteiger partial charge in [-0.15, -0.1) is 0 Å². The number of aromatic amines is 2. The summed E-state index contributed by atoms with van der Waals surface area (Å²) >= 11 is 2.34. The lowest BCUT2D eigenvalue weighted by Crippen LogP contribution is -2.06. The molecule has 0 aliphatic rings. The third kappa shape index (κ3) is 2.97. The minimum Gasteiger partial charge on any atom is -0.378 e. The molecule has 108 valence electrons. The SMILES string of the molecule is Cc1ccc(NC(C)c2ccc3[nH]c(=O)[nH]c3c2)cc1I. The summed E-state index contributed by atoms with van der Waals surface area (Å²) in [5.74, 6) is 0. The molecule has 0 radical (unpaired) electrons. The van der Waals surface area contributed by atoms with Crippen molar-refractivity contribution in [2.45, 2.75) is 19.9 Å². The average molecular weight is 393 g/mol. The number of fused-ring (bicyclic) bond motifs is 1. The molecular weight excluding hydrogens is 377 g/mol. The van der Waals surface area contributed by atoms with Crippen LogP contribution in [0.1, 0.15) is 24.1 Å². The molecule has 0 spiro atoms. The Hall–Kier alpha value is -1.76. The maximum Gasteiger partial charge on any atom is 0.323 e. The van der Waals surface area contributed by atoms with Crippen molar-refractivity contribution < 1.29 is 0 Å². The normalized spacial score (nSPS) is 12.5. The molecule has 0 saturated heterocycles. The highest BCUT2D eigenvalue weighted by molar-refractivity contribution is 14.1.